The highest BCUT2D eigenvalue weighted by atomic mass is 16.5. The Bertz CT molecular complexity index is 975. The highest BCUT2D eigenvalue weighted by molar-refractivity contribution is 5.77. The first-order valence-electron chi connectivity index (χ1n) is 8.92. The molecule has 132 valence electrons. The van der Waals surface area contributed by atoms with E-state index in [9.17, 15) is 4.79 Å². The second-order valence-corrected chi connectivity index (χ2v) is 6.50. The molecule has 1 aliphatic heterocycles. The van der Waals surface area contributed by atoms with Gasteiger partial charge in [0.1, 0.15) is 11.3 Å². The van der Waals surface area contributed by atoms with Crippen LogP contribution in [0.25, 0.3) is 16.5 Å². The molecule has 2 heterocycles. The zero-order chi connectivity index (χ0) is 17.8. The molecule has 0 radical (unpaired) electrons. The number of fused-ring (bicyclic) bond motifs is 1. The molecular formula is C22H21NO3. The third-order valence-electron chi connectivity index (χ3n) is 4.70. The van der Waals surface area contributed by atoms with E-state index in [1.54, 1.807) is 12.1 Å². The van der Waals surface area contributed by atoms with Crippen LogP contribution in [0.15, 0.2) is 76.0 Å². The van der Waals surface area contributed by atoms with Gasteiger partial charge in [0, 0.05) is 30.1 Å². The summed E-state index contributed by atoms with van der Waals surface area (Å²) in [7, 11) is 0. The standard InChI is InChI=1S/C22H21NO3/c24-22-9-7-17-6-8-20(15-21(17)26-22)25-13-11-19-14-18(10-12-23-19)16-4-2-1-3-5-16/h1-10,15,19,23H,11-14H2. The molecule has 1 atom stereocenters. The maximum atomic E-state index is 11.3. The lowest BCUT2D eigenvalue weighted by atomic mass is 9.94. The summed E-state index contributed by atoms with van der Waals surface area (Å²) in [6.45, 7) is 1.50. The van der Waals surface area contributed by atoms with Gasteiger partial charge in [-0.15, -0.1) is 0 Å². The SMILES string of the molecule is O=c1ccc2ccc(OCCC3CC(c4ccccc4)=CCN3)cc2o1. The van der Waals surface area contributed by atoms with Crippen molar-refractivity contribution in [1.29, 1.82) is 0 Å². The lowest BCUT2D eigenvalue weighted by Gasteiger charge is -2.24. The van der Waals surface area contributed by atoms with Gasteiger partial charge in [-0.2, -0.15) is 0 Å². The van der Waals surface area contributed by atoms with Gasteiger partial charge in [0.25, 0.3) is 0 Å². The lowest BCUT2D eigenvalue weighted by molar-refractivity contribution is 0.287. The summed E-state index contributed by atoms with van der Waals surface area (Å²) in [5.41, 5.74) is 2.90. The van der Waals surface area contributed by atoms with Gasteiger partial charge in [0.2, 0.25) is 0 Å². The van der Waals surface area contributed by atoms with Crippen LogP contribution in [0.3, 0.4) is 0 Å². The predicted octanol–water partition coefficient (Wildman–Crippen LogP) is 4.01. The van der Waals surface area contributed by atoms with E-state index in [-0.39, 0.29) is 5.63 Å². The summed E-state index contributed by atoms with van der Waals surface area (Å²) in [5, 5.41) is 4.42. The van der Waals surface area contributed by atoms with Gasteiger partial charge in [0.05, 0.1) is 6.61 Å². The molecule has 0 saturated heterocycles. The van der Waals surface area contributed by atoms with Crippen LogP contribution in [0.5, 0.6) is 5.75 Å². The van der Waals surface area contributed by atoms with Crippen molar-refractivity contribution in [2.24, 2.45) is 0 Å². The van der Waals surface area contributed by atoms with Crippen LogP contribution in [0.1, 0.15) is 18.4 Å². The molecule has 0 spiro atoms. The average Bonchev–Trinajstić information content (AvgIpc) is 2.69. The normalized spacial score (nSPS) is 17.1. The number of hydrogen-bond donors (Lipinski definition) is 1. The second-order valence-electron chi connectivity index (χ2n) is 6.50. The highest BCUT2D eigenvalue weighted by Crippen LogP contribution is 2.24. The summed E-state index contributed by atoms with van der Waals surface area (Å²) >= 11 is 0. The van der Waals surface area contributed by atoms with Crippen LogP contribution in [-0.4, -0.2) is 19.2 Å². The van der Waals surface area contributed by atoms with Crippen molar-refractivity contribution < 1.29 is 9.15 Å². The Hall–Kier alpha value is -2.85. The maximum absolute atomic E-state index is 11.3. The van der Waals surface area contributed by atoms with Gasteiger partial charge in [-0.05, 0) is 42.2 Å². The van der Waals surface area contributed by atoms with Crippen LogP contribution >= 0.6 is 0 Å². The molecule has 1 N–H and O–H groups in total. The van der Waals surface area contributed by atoms with Gasteiger partial charge in [-0.1, -0.05) is 36.4 Å². The van der Waals surface area contributed by atoms with Crippen molar-refractivity contribution in [1.82, 2.24) is 5.32 Å². The molecule has 4 nitrogen and oxygen atoms in total. The van der Waals surface area contributed by atoms with Gasteiger partial charge in [0.15, 0.2) is 0 Å². The Kier molecular flexibility index (Phi) is 4.84. The van der Waals surface area contributed by atoms with E-state index >= 15 is 0 Å². The van der Waals surface area contributed by atoms with Crippen molar-refractivity contribution in [2.75, 3.05) is 13.2 Å². The largest absolute Gasteiger partial charge is 0.493 e. The van der Waals surface area contributed by atoms with E-state index in [2.05, 4.69) is 35.7 Å². The number of nitrogens with one attached hydrogen (secondary N) is 1. The molecule has 2 aromatic carbocycles. The summed E-state index contributed by atoms with van der Waals surface area (Å²) < 4.78 is 11.1. The molecule has 1 aromatic heterocycles. The van der Waals surface area contributed by atoms with Crippen LogP contribution in [0.4, 0.5) is 0 Å². The number of benzene rings is 2. The van der Waals surface area contributed by atoms with Crippen LogP contribution < -0.4 is 15.7 Å². The first kappa shape index (κ1) is 16.6. The Balaban J connectivity index is 1.35. The number of ether oxygens (including phenoxy) is 1. The summed E-state index contributed by atoms with van der Waals surface area (Å²) in [6.07, 6.45) is 4.18. The zero-order valence-corrected chi connectivity index (χ0v) is 14.5. The van der Waals surface area contributed by atoms with Gasteiger partial charge < -0.3 is 14.5 Å². The fourth-order valence-corrected chi connectivity index (χ4v) is 3.31. The highest BCUT2D eigenvalue weighted by Gasteiger charge is 2.16. The van der Waals surface area contributed by atoms with Crippen LogP contribution in [0, 0.1) is 0 Å². The fraction of sp³-hybridized carbons (Fsp3) is 0.227. The molecule has 0 bridgehead atoms. The van der Waals surface area contributed by atoms with E-state index in [0.29, 0.717) is 18.2 Å². The van der Waals surface area contributed by atoms with Crippen molar-refractivity contribution in [2.45, 2.75) is 18.9 Å². The average molecular weight is 347 g/mol. The minimum Gasteiger partial charge on any atom is -0.493 e. The van der Waals surface area contributed by atoms with E-state index in [1.807, 2.05) is 18.2 Å². The maximum Gasteiger partial charge on any atom is 0.336 e. The van der Waals surface area contributed by atoms with E-state index in [0.717, 1.165) is 30.5 Å². The second kappa shape index (κ2) is 7.58. The van der Waals surface area contributed by atoms with E-state index < -0.39 is 0 Å². The third-order valence-corrected chi connectivity index (χ3v) is 4.70. The van der Waals surface area contributed by atoms with Gasteiger partial charge >= 0.3 is 5.63 Å². The van der Waals surface area contributed by atoms with E-state index in [1.165, 1.54) is 17.2 Å². The monoisotopic (exact) mass is 347 g/mol. The van der Waals surface area contributed by atoms with E-state index in [4.69, 9.17) is 9.15 Å². The van der Waals surface area contributed by atoms with Crippen molar-refractivity contribution in [3.8, 4) is 5.75 Å². The van der Waals surface area contributed by atoms with Crippen molar-refractivity contribution in [3.05, 3.63) is 82.7 Å². The Morgan fingerprint density at radius 3 is 2.81 bits per heavy atom. The quantitative estimate of drug-likeness (QED) is 0.709. The van der Waals surface area contributed by atoms with Crippen molar-refractivity contribution in [3.63, 3.8) is 0 Å². The molecule has 0 saturated carbocycles. The van der Waals surface area contributed by atoms with Gasteiger partial charge in [-0.3, -0.25) is 0 Å². The molecule has 1 unspecified atom stereocenters. The Morgan fingerprint density at radius 1 is 1.08 bits per heavy atom. The van der Waals surface area contributed by atoms with Gasteiger partial charge in [-0.25, -0.2) is 4.79 Å². The Morgan fingerprint density at radius 2 is 1.92 bits per heavy atom. The summed E-state index contributed by atoms with van der Waals surface area (Å²) in [4.78, 5) is 11.3. The first-order valence-corrected chi connectivity index (χ1v) is 8.92. The molecule has 4 heteroatoms. The summed E-state index contributed by atoms with van der Waals surface area (Å²) in [5.74, 6) is 0.724. The summed E-state index contributed by atoms with van der Waals surface area (Å²) in [6, 6.07) is 19.7. The molecule has 26 heavy (non-hydrogen) atoms. The fourth-order valence-electron chi connectivity index (χ4n) is 3.31. The molecule has 3 aromatic rings. The molecule has 0 amide bonds. The van der Waals surface area contributed by atoms with Crippen molar-refractivity contribution >= 4 is 16.5 Å². The zero-order valence-electron chi connectivity index (χ0n) is 14.5. The van der Waals surface area contributed by atoms with Crippen LogP contribution in [-0.2, 0) is 0 Å². The minimum absolute atomic E-state index is 0.346. The lowest BCUT2D eigenvalue weighted by Crippen LogP contribution is -2.34. The topological polar surface area (TPSA) is 51.5 Å². The Labute approximate surface area is 152 Å². The third kappa shape index (κ3) is 3.86. The smallest absolute Gasteiger partial charge is 0.336 e. The molecule has 0 fully saturated rings. The molecule has 4 rings (SSSR count). The minimum atomic E-state index is -0.346. The molecule has 0 aliphatic carbocycles. The number of hydrogen-bond acceptors (Lipinski definition) is 4. The first-order chi connectivity index (χ1) is 12.8. The molecule has 1 aliphatic rings. The number of rotatable bonds is 5. The predicted molar refractivity (Wildman–Crippen MR) is 103 cm³/mol. The van der Waals surface area contributed by atoms with Crippen LogP contribution in [0.2, 0.25) is 0 Å². The molecular weight excluding hydrogens is 326 g/mol.